The predicted molar refractivity (Wildman–Crippen MR) is 76.4 cm³/mol. The highest BCUT2D eigenvalue weighted by molar-refractivity contribution is 5.11. The summed E-state index contributed by atoms with van der Waals surface area (Å²) >= 11 is 0. The van der Waals surface area contributed by atoms with Crippen molar-refractivity contribution in [3.63, 3.8) is 0 Å². The first-order chi connectivity index (χ1) is 8.13. The third-order valence-electron chi connectivity index (χ3n) is 6.22. The van der Waals surface area contributed by atoms with E-state index in [9.17, 15) is 0 Å². The number of ether oxygens (including phenoxy) is 1. The van der Waals surface area contributed by atoms with Crippen molar-refractivity contribution in [1.82, 2.24) is 0 Å². The molecule has 2 saturated carbocycles. The SMILES string of the molecule is CC(C)(C)C(CN)OC1CC2CCC1(C)C2(C)C. The van der Waals surface area contributed by atoms with Crippen LogP contribution in [0.15, 0.2) is 0 Å². The van der Waals surface area contributed by atoms with Crippen molar-refractivity contribution in [2.45, 2.75) is 73.0 Å². The first kappa shape index (κ1) is 14.3. The lowest BCUT2D eigenvalue weighted by Crippen LogP contribution is -2.45. The van der Waals surface area contributed by atoms with E-state index in [1.54, 1.807) is 0 Å². The Morgan fingerprint density at radius 2 is 1.89 bits per heavy atom. The lowest BCUT2D eigenvalue weighted by molar-refractivity contribution is -0.116. The Morgan fingerprint density at radius 3 is 2.22 bits per heavy atom. The van der Waals surface area contributed by atoms with Crippen molar-refractivity contribution in [3.05, 3.63) is 0 Å². The summed E-state index contributed by atoms with van der Waals surface area (Å²) in [6, 6.07) is 0. The van der Waals surface area contributed by atoms with Gasteiger partial charge in [0.05, 0.1) is 12.2 Å². The Hall–Kier alpha value is -0.0800. The van der Waals surface area contributed by atoms with Gasteiger partial charge in [0, 0.05) is 6.54 Å². The molecule has 0 radical (unpaired) electrons. The molecule has 2 aliphatic carbocycles. The van der Waals surface area contributed by atoms with Crippen LogP contribution < -0.4 is 5.73 Å². The second-order valence-corrected chi connectivity index (χ2v) is 8.33. The lowest BCUT2D eigenvalue weighted by atomic mass is 9.70. The summed E-state index contributed by atoms with van der Waals surface area (Å²) in [5.74, 6) is 0.839. The van der Waals surface area contributed by atoms with Gasteiger partial charge < -0.3 is 10.5 Å². The Bertz CT molecular complexity index is 318. The molecule has 4 unspecified atom stereocenters. The van der Waals surface area contributed by atoms with Crippen LogP contribution in [0.4, 0.5) is 0 Å². The zero-order valence-corrected chi connectivity index (χ0v) is 13.0. The summed E-state index contributed by atoms with van der Waals surface area (Å²) in [5, 5.41) is 0. The first-order valence-electron chi connectivity index (χ1n) is 7.48. The monoisotopic (exact) mass is 253 g/mol. The summed E-state index contributed by atoms with van der Waals surface area (Å²) < 4.78 is 6.47. The molecule has 2 rings (SSSR count). The number of rotatable bonds is 3. The Labute approximate surface area is 113 Å². The zero-order valence-electron chi connectivity index (χ0n) is 13.0. The maximum absolute atomic E-state index is 6.47. The summed E-state index contributed by atoms with van der Waals surface area (Å²) in [5.41, 5.74) is 6.83. The van der Waals surface area contributed by atoms with E-state index in [2.05, 4.69) is 41.5 Å². The molecule has 106 valence electrons. The third-order valence-corrected chi connectivity index (χ3v) is 6.22. The van der Waals surface area contributed by atoms with Crippen LogP contribution in [-0.2, 0) is 4.74 Å². The minimum absolute atomic E-state index is 0.136. The molecule has 0 aliphatic heterocycles. The van der Waals surface area contributed by atoms with Crippen molar-refractivity contribution in [2.75, 3.05) is 6.54 Å². The van der Waals surface area contributed by atoms with E-state index in [1.807, 2.05) is 0 Å². The van der Waals surface area contributed by atoms with Crippen LogP contribution in [0.5, 0.6) is 0 Å². The van der Waals surface area contributed by atoms with Gasteiger partial charge in [-0.2, -0.15) is 0 Å². The van der Waals surface area contributed by atoms with E-state index in [-0.39, 0.29) is 11.5 Å². The van der Waals surface area contributed by atoms with Crippen molar-refractivity contribution in [1.29, 1.82) is 0 Å². The van der Waals surface area contributed by atoms with Gasteiger partial charge in [0.25, 0.3) is 0 Å². The molecule has 0 aromatic heterocycles. The van der Waals surface area contributed by atoms with Crippen molar-refractivity contribution >= 4 is 0 Å². The molecule has 2 fully saturated rings. The fourth-order valence-electron chi connectivity index (χ4n) is 4.15. The highest BCUT2D eigenvalue weighted by atomic mass is 16.5. The van der Waals surface area contributed by atoms with Crippen molar-refractivity contribution in [2.24, 2.45) is 27.9 Å². The van der Waals surface area contributed by atoms with Gasteiger partial charge in [-0.15, -0.1) is 0 Å². The second kappa shape index (κ2) is 4.21. The Kier molecular flexibility index (Phi) is 3.35. The lowest BCUT2D eigenvalue weighted by Gasteiger charge is -2.42. The molecular weight excluding hydrogens is 222 g/mol. The molecule has 0 spiro atoms. The molecule has 0 amide bonds. The number of fused-ring (bicyclic) bond motifs is 2. The molecule has 0 heterocycles. The van der Waals surface area contributed by atoms with Gasteiger partial charge in [-0.05, 0) is 41.4 Å². The van der Waals surface area contributed by atoms with Gasteiger partial charge in [0.1, 0.15) is 0 Å². The number of hydrogen-bond donors (Lipinski definition) is 1. The molecule has 2 aliphatic rings. The van der Waals surface area contributed by atoms with Gasteiger partial charge >= 0.3 is 0 Å². The van der Waals surface area contributed by atoms with Crippen LogP contribution in [0.3, 0.4) is 0 Å². The fourth-order valence-corrected chi connectivity index (χ4v) is 4.15. The summed E-state index contributed by atoms with van der Waals surface area (Å²) in [6.45, 7) is 14.6. The standard InChI is InChI=1S/C16H31NO/c1-14(2,3)13(10-17)18-12-9-11-7-8-16(12,6)15(11,4)5/h11-13H,7-10,17H2,1-6H3. The average molecular weight is 253 g/mol. The Balaban J connectivity index is 2.13. The topological polar surface area (TPSA) is 35.2 Å². The molecule has 0 aromatic rings. The van der Waals surface area contributed by atoms with Crippen LogP contribution in [0.1, 0.15) is 60.8 Å². The molecule has 0 aromatic carbocycles. The quantitative estimate of drug-likeness (QED) is 0.834. The van der Waals surface area contributed by atoms with E-state index >= 15 is 0 Å². The third kappa shape index (κ3) is 1.92. The van der Waals surface area contributed by atoms with E-state index < -0.39 is 0 Å². The van der Waals surface area contributed by atoms with Gasteiger partial charge in [-0.25, -0.2) is 0 Å². The van der Waals surface area contributed by atoms with Crippen LogP contribution in [0, 0.1) is 22.2 Å². The zero-order chi connectivity index (χ0) is 13.8. The molecule has 2 nitrogen and oxygen atoms in total. The molecule has 2 N–H and O–H groups in total. The van der Waals surface area contributed by atoms with Crippen molar-refractivity contribution in [3.8, 4) is 0 Å². The van der Waals surface area contributed by atoms with Crippen molar-refractivity contribution < 1.29 is 4.74 Å². The largest absolute Gasteiger partial charge is 0.373 e. The summed E-state index contributed by atoms with van der Waals surface area (Å²) in [7, 11) is 0. The molecule has 2 heteroatoms. The molecule has 18 heavy (non-hydrogen) atoms. The predicted octanol–water partition coefficient (Wildman–Crippen LogP) is 3.59. The van der Waals surface area contributed by atoms with E-state index in [4.69, 9.17) is 10.5 Å². The maximum atomic E-state index is 6.47. The maximum Gasteiger partial charge on any atom is 0.0749 e. The van der Waals surface area contributed by atoms with Gasteiger partial charge in [-0.3, -0.25) is 0 Å². The van der Waals surface area contributed by atoms with E-state index in [0.717, 1.165) is 5.92 Å². The molecule has 2 bridgehead atoms. The number of hydrogen-bond acceptors (Lipinski definition) is 2. The summed E-state index contributed by atoms with van der Waals surface area (Å²) in [4.78, 5) is 0. The molecular formula is C16H31NO. The summed E-state index contributed by atoms with van der Waals surface area (Å²) in [6.07, 6.45) is 4.51. The highest BCUT2D eigenvalue weighted by Gasteiger charge is 2.62. The fraction of sp³-hybridized carbons (Fsp3) is 1.00. The minimum atomic E-state index is 0.136. The van der Waals surface area contributed by atoms with Crippen LogP contribution in [0.2, 0.25) is 0 Å². The van der Waals surface area contributed by atoms with E-state index in [1.165, 1.54) is 19.3 Å². The van der Waals surface area contributed by atoms with Crippen LogP contribution in [0.25, 0.3) is 0 Å². The molecule has 0 saturated heterocycles. The van der Waals surface area contributed by atoms with Crippen LogP contribution in [-0.4, -0.2) is 18.8 Å². The number of nitrogens with two attached hydrogens (primary N) is 1. The minimum Gasteiger partial charge on any atom is -0.373 e. The van der Waals surface area contributed by atoms with Gasteiger partial charge in [0.15, 0.2) is 0 Å². The first-order valence-corrected chi connectivity index (χ1v) is 7.48. The second-order valence-electron chi connectivity index (χ2n) is 8.33. The van der Waals surface area contributed by atoms with Gasteiger partial charge in [0.2, 0.25) is 0 Å². The van der Waals surface area contributed by atoms with E-state index in [0.29, 0.717) is 23.5 Å². The Morgan fingerprint density at radius 1 is 1.28 bits per heavy atom. The van der Waals surface area contributed by atoms with Crippen LogP contribution >= 0.6 is 0 Å². The normalized spacial score (nSPS) is 40.2. The highest BCUT2D eigenvalue weighted by Crippen LogP contribution is 2.66. The van der Waals surface area contributed by atoms with Gasteiger partial charge in [-0.1, -0.05) is 41.5 Å². The molecule has 4 atom stereocenters. The smallest absolute Gasteiger partial charge is 0.0749 e. The average Bonchev–Trinajstić information content (AvgIpc) is 2.56.